The highest BCUT2D eigenvalue weighted by molar-refractivity contribution is 7.99. The molecule has 1 saturated carbocycles. The fraction of sp³-hybridized carbons (Fsp3) is 0.400. The topological polar surface area (TPSA) is 79.8 Å². The van der Waals surface area contributed by atoms with Gasteiger partial charge in [-0.05, 0) is 31.2 Å². The molecule has 1 aliphatic carbocycles. The lowest BCUT2D eigenvalue weighted by atomic mass is 10.3. The Kier molecular flexibility index (Phi) is 5.12. The molecule has 1 heterocycles. The van der Waals surface area contributed by atoms with Crippen molar-refractivity contribution in [3.8, 4) is 0 Å². The molecule has 3 rings (SSSR count). The van der Waals surface area contributed by atoms with E-state index in [0.29, 0.717) is 17.3 Å². The molecule has 0 radical (unpaired) electrons. The maximum Gasteiger partial charge on any atom is 0.344 e. The van der Waals surface area contributed by atoms with Crippen molar-refractivity contribution in [2.75, 3.05) is 17.3 Å². The summed E-state index contributed by atoms with van der Waals surface area (Å²) in [6.07, 6.45) is 4.41. The number of benzene rings is 1. The number of carbonyl (C=O) groups excluding carboxylic acids is 1. The van der Waals surface area contributed by atoms with Gasteiger partial charge in [0.15, 0.2) is 5.16 Å². The average molecular weight is 350 g/mol. The van der Waals surface area contributed by atoms with Crippen LogP contribution in [0.4, 0.5) is 5.69 Å². The van der Waals surface area contributed by atoms with Crippen LogP contribution in [0.5, 0.6) is 0 Å². The first-order valence-corrected chi connectivity index (χ1v) is 9.62. The number of aromatic nitrogens is 3. The summed E-state index contributed by atoms with van der Waals surface area (Å²) in [5, 5.41) is 10.1. The molecule has 0 saturated heterocycles. The summed E-state index contributed by atoms with van der Waals surface area (Å²) >= 11 is 3.04. The summed E-state index contributed by atoms with van der Waals surface area (Å²) in [5.41, 5.74) is 0.679. The van der Waals surface area contributed by atoms with Gasteiger partial charge in [-0.1, -0.05) is 23.9 Å². The van der Waals surface area contributed by atoms with Crippen molar-refractivity contribution in [1.29, 1.82) is 0 Å². The molecule has 8 heteroatoms. The number of anilines is 1. The Balaban J connectivity index is 1.53. The number of amides is 1. The van der Waals surface area contributed by atoms with Gasteiger partial charge < -0.3 is 5.32 Å². The number of H-pyrrole nitrogens is 1. The van der Waals surface area contributed by atoms with Crippen LogP contribution in [0.1, 0.15) is 25.3 Å². The predicted octanol–water partition coefficient (Wildman–Crippen LogP) is 2.75. The van der Waals surface area contributed by atoms with Crippen LogP contribution in [0.2, 0.25) is 0 Å². The molecule has 0 unspecified atom stereocenters. The van der Waals surface area contributed by atoms with Crippen LogP contribution in [-0.4, -0.2) is 32.7 Å². The maximum atomic E-state index is 12.1. The number of rotatable bonds is 7. The molecule has 1 amide bonds. The molecular formula is C15H18N4O2S2. The third-order valence-electron chi connectivity index (χ3n) is 3.53. The smallest absolute Gasteiger partial charge is 0.325 e. The molecule has 122 valence electrons. The first-order valence-electron chi connectivity index (χ1n) is 7.41. The Morgan fingerprint density at radius 3 is 2.96 bits per heavy atom. The number of nitrogens with one attached hydrogen (secondary N) is 2. The number of nitrogens with zero attached hydrogens (tertiary/aromatic N) is 2. The van der Waals surface area contributed by atoms with Gasteiger partial charge in [-0.2, -0.15) is 0 Å². The van der Waals surface area contributed by atoms with Crippen molar-refractivity contribution in [3.63, 3.8) is 0 Å². The van der Waals surface area contributed by atoms with E-state index in [-0.39, 0.29) is 17.6 Å². The number of hydrogen-bond acceptors (Lipinski definition) is 5. The van der Waals surface area contributed by atoms with E-state index in [4.69, 9.17) is 0 Å². The number of para-hydroxylation sites is 1. The second kappa shape index (κ2) is 7.27. The summed E-state index contributed by atoms with van der Waals surface area (Å²) in [6.45, 7) is 0. The van der Waals surface area contributed by atoms with E-state index in [9.17, 15) is 9.59 Å². The SMILES string of the molecule is CSc1ccccc1NC(=O)CCSc1n[nH]c(=O)n1C1CC1. The maximum absolute atomic E-state index is 12.1. The highest BCUT2D eigenvalue weighted by Crippen LogP contribution is 2.36. The molecule has 1 aromatic carbocycles. The second-order valence-electron chi connectivity index (χ2n) is 5.26. The van der Waals surface area contributed by atoms with E-state index in [0.717, 1.165) is 23.4 Å². The molecule has 0 atom stereocenters. The molecule has 1 fully saturated rings. The molecule has 2 N–H and O–H groups in total. The third-order valence-corrected chi connectivity index (χ3v) is 5.28. The number of aromatic amines is 1. The van der Waals surface area contributed by atoms with Crippen molar-refractivity contribution in [3.05, 3.63) is 34.7 Å². The summed E-state index contributed by atoms with van der Waals surface area (Å²) < 4.78 is 1.70. The largest absolute Gasteiger partial charge is 0.344 e. The minimum absolute atomic E-state index is 0.0325. The lowest BCUT2D eigenvalue weighted by Gasteiger charge is -2.09. The van der Waals surface area contributed by atoms with Crippen LogP contribution < -0.4 is 11.0 Å². The predicted molar refractivity (Wildman–Crippen MR) is 93.3 cm³/mol. The monoisotopic (exact) mass is 350 g/mol. The van der Waals surface area contributed by atoms with Crippen molar-refractivity contribution in [1.82, 2.24) is 14.8 Å². The van der Waals surface area contributed by atoms with Gasteiger partial charge in [0.2, 0.25) is 5.91 Å². The summed E-state index contributed by atoms with van der Waals surface area (Å²) in [5.74, 6) is 0.555. The minimum Gasteiger partial charge on any atom is -0.325 e. The molecule has 1 aliphatic rings. The van der Waals surface area contributed by atoms with Crippen LogP contribution in [0, 0.1) is 0 Å². The molecule has 0 bridgehead atoms. The zero-order valence-corrected chi connectivity index (χ0v) is 14.4. The second-order valence-corrected chi connectivity index (χ2v) is 7.17. The Labute approximate surface area is 142 Å². The van der Waals surface area contributed by atoms with Crippen LogP contribution in [0.3, 0.4) is 0 Å². The van der Waals surface area contributed by atoms with Gasteiger partial charge in [0, 0.05) is 23.1 Å². The van der Waals surface area contributed by atoms with Crippen molar-refractivity contribution in [2.24, 2.45) is 0 Å². The highest BCUT2D eigenvalue weighted by Gasteiger charge is 2.28. The highest BCUT2D eigenvalue weighted by atomic mass is 32.2. The molecule has 1 aromatic heterocycles. The van der Waals surface area contributed by atoms with Gasteiger partial charge >= 0.3 is 5.69 Å². The summed E-state index contributed by atoms with van der Waals surface area (Å²) in [4.78, 5) is 24.8. The third kappa shape index (κ3) is 4.00. The van der Waals surface area contributed by atoms with E-state index in [2.05, 4.69) is 15.5 Å². The fourth-order valence-electron chi connectivity index (χ4n) is 2.24. The summed E-state index contributed by atoms with van der Waals surface area (Å²) in [7, 11) is 0. The van der Waals surface area contributed by atoms with E-state index in [1.54, 1.807) is 16.3 Å². The van der Waals surface area contributed by atoms with Gasteiger partial charge in [0.05, 0.1) is 5.69 Å². The Morgan fingerprint density at radius 2 is 2.22 bits per heavy atom. The standard InChI is InChI=1S/C15H18N4O2S2/c1-22-12-5-3-2-4-11(12)16-13(20)8-9-23-15-18-17-14(21)19(15)10-6-7-10/h2-5,10H,6-9H2,1H3,(H,16,20)(H,17,21). The van der Waals surface area contributed by atoms with E-state index >= 15 is 0 Å². The zero-order chi connectivity index (χ0) is 16.2. The van der Waals surface area contributed by atoms with Crippen LogP contribution in [0.25, 0.3) is 0 Å². The molecule has 0 spiro atoms. The Hall–Kier alpha value is -1.67. The lowest BCUT2D eigenvalue weighted by Crippen LogP contribution is -2.16. The van der Waals surface area contributed by atoms with E-state index in [1.807, 2.05) is 30.5 Å². The minimum atomic E-state index is -0.159. The van der Waals surface area contributed by atoms with Gasteiger partial charge in [-0.3, -0.25) is 9.36 Å². The molecule has 2 aromatic rings. The van der Waals surface area contributed by atoms with Crippen molar-refractivity contribution >= 4 is 35.1 Å². The normalized spacial score (nSPS) is 14.0. The first-order chi connectivity index (χ1) is 11.2. The van der Waals surface area contributed by atoms with Gasteiger partial charge in [0.1, 0.15) is 0 Å². The summed E-state index contributed by atoms with van der Waals surface area (Å²) in [6, 6.07) is 8.02. The molecule has 0 aliphatic heterocycles. The van der Waals surface area contributed by atoms with Crippen molar-refractivity contribution in [2.45, 2.75) is 35.4 Å². The fourth-order valence-corrected chi connectivity index (χ4v) is 3.75. The Morgan fingerprint density at radius 1 is 1.43 bits per heavy atom. The molecule has 6 nitrogen and oxygen atoms in total. The molecular weight excluding hydrogens is 332 g/mol. The Bertz CT molecular complexity index is 752. The van der Waals surface area contributed by atoms with Crippen molar-refractivity contribution < 1.29 is 4.79 Å². The van der Waals surface area contributed by atoms with E-state index < -0.39 is 0 Å². The first kappa shape index (κ1) is 16.2. The van der Waals surface area contributed by atoms with Crippen LogP contribution in [0.15, 0.2) is 39.1 Å². The van der Waals surface area contributed by atoms with Gasteiger partial charge in [0.25, 0.3) is 0 Å². The van der Waals surface area contributed by atoms with Gasteiger partial charge in [-0.25, -0.2) is 9.89 Å². The van der Waals surface area contributed by atoms with Gasteiger partial charge in [-0.15, -0.1) is 16.9 Å². The number of thioether (sulfide) groups is 2. The van der Waals surface area contributed by atoms with Crippen LogP contribution in [-0.2, 0) is 4.79 Å². The lowest BCUT2D eigenvalue weighted by molar-refractivity contribution is -0.115. The molecule has 23 heavy (non-hydrogen) atoms. The number of carbonyl (C=O) groups is 1. The average Bonchev–Trinajstić information content (AvgIpc) is 3.32. The van der Waals surface area contributed by atoms with E-state index in [1.165, 1.54) is 11.8 Å². The van der Waals surface area contributed by atoms with Crippen LogP contribution >= 0.6 is 23.5 Å². The number of hydrogen-bond donors (Lipinski definition) is 2. The zero-order valence-electron chi connectivity index (χ0n) is 12.7. The quantitative estimate of drug-likeness (QED) is 0.751.